The molecule has 0 bridgehead atoms. The zero-order valence-electron chi connectivity index (χ0n) is 19.5. The third kappa shape index (κ3) is 5.56. The highest BCUT2D eigenvalue weighted by Crippen LogP contribution is 2.29. The summed E-state index contributed by atoms with van der Waals surface area (Å²) in [5, 5.41) is 0.922. The lowest BCUT2D eigenvalue weighted by atomic mass is 9.97. The average Bonchev–Trinajstić information content (AvgIpc) is 3.15. The van der Waals surface area contributed by atoms with Crippen LogP contribution in [0.1, 0.15) is 43.1 Å². The number of halogens is 2. The molecule has 0 unspecified atom stereocenters. The summed E-state index contributed by atoms with van der Waals surface area (Å²) >= 11 is 12.5. The summed E-state index contributed by atoms with van der Waals surface area (Å²) in [6.07, 6.45) is 2.27. The summed E-state index contributed by atoms with van der Waals surface area (Å²) in [6, 6.07) is 11.9. The smallest absolute Gasteiger partial charge is 0.309 e. The van der Waals surface area contributed by atoms with Crippen molar-refractivity contribution in [3.8, 4) is 0 Å². The molecule has 0 aliphatic carbocycles. The van der Waals surface area contributed by atoms with Crippen molar-refractivity contribution in [3.05, 3.63) is 63.4 Å². The number of esters is 1. The quantitative estimate of drug-likeness (QED) is 0.404. The van der Waals surface area contributed by atoms with Gasteiger partial charge in [0, 0.05) is 32.5 Å². The Hall–Kier alpha value is -2.57. The summed E-state index contributed by atoms with van der Waals surface area (Å²) in [4.78, 5) is 31.6. The molecule has 1 fully saturated rings. The number of aryl methyl sites for hydroxylation is 2. The number of amides is 1. The van der Waals surface area contributed by atoms with Gasteiger partial charge in [-0.2, -0.15) is 0 Å². The molecular formula is C26H29Cl2N3O3. The van der Waals surface area contributed by atoms with Gasteiger partial charge >= 0.3 is 5.97 Å². The molecule has 2 heterocycles. The summed E-state index contributed by atoms with van der Waals surface area (Å²) in [5.74, 6) is 0.668. The number of nitrogens with zero attached hydrogens (tertiary/aromatic N) is 3. The van der Waals surface area contributed by atoms with Crippen molar-refractivity contribution < 1.29 is 14.3 Å². The highest BCUT2D eigenvalue weighted by molar-refractivity contribution is 6.42. The van der Waals surface area contributed by atoms with Crippen LogP contribution >= 0.6 is 23.2 Å². The van der Waals surface area contributed by atoms with Crippen LogP contribution < -0.4 is 0 Å². The Morgan fingerprint density at radius 3 is 2.44 bits per heavy atom. The Balaban J connectivity index is 1.49. The van der Waals surface area contributed by atoms with Crippen molar-refractivity contribution in [1.82, 2.24) is 14.5 Å². The number of piperidine rings is 1. The minimum Gasteiger partial charge on any atom is -0.466 e. The van der Waals surface area contributed by atoms with Crippen molar-refractivity contribution >= 4 is 46.1 Å². The topological polar surface area (TPSA) is 64.4 Å². The second-order valence-corrected chi connectivity index (χ2v) is 9.57. The van der Waals surface area contributed by atoms with E-state index in [-0.39, 0.29) is 17.8 Å². The molecule has 8 heteroatoms. The minimum absolute atomic E-state index is 0.0745. The summed E-state index contributed by atoms with van der Waals surface area (Å²) in [6.45, 7) is 5.90. The maximum atomic E-state index is 13.0. The number of benzene rings is 2. The molecule has 4 rings (SSSR count). The van der Waals surface area contributed by atoms with E-state index in [4.69, 9.17) is 32.9 Å². The first-order valence-electron chi connectivity index (χ1n) is 11.7. The van der Waals surface area contributed by atoms with Gasteiger partial charge < -0.3 is 14.2 Å². The number of rotatable bonds is 7. The number of aromatic nitrogens is 2. The number of carbonyl (C=O) groups excluding carboxylic acids is 2. The molecule has 1 amide bonds. The zero-order valence-corrected chi connectivity index (χ0v) is 21.0. The highest BCUT2D eigenvalue weighted by atomic mass is 35.5. The second-order valence-electron chi connectivity index (χ2n) is 8.75. The lowest BCUT2D eigenvalue weighted by Crippen LogP contribution is -2.41. The number of likely N-dealkylation sites (tertiary alicyclic amines) is 1. The molecule has 6 nitrogen and oxygen atoms in total. The first-order valence-corrected chi connectivity index (χ1v) is 12.5. The third-order valence-electron chi connectivity index (χ3n) is 6.37. The van der Waals surface area contributed by atoms with E-state index in [2.05, 4.69) is 35.8 Å². The van der Waals surface area contributed by atoms with Crippen molar-refractivity contribution in [1.29, 1.82) is 0 Å². The monoisotopic (exact) mass is 501 g/mol. The molecule has 1 saturated heterocycles. The maximum Gasteiger partial charge on any atom is 0.309 e. The predicted octanol–water partition coefficient (Wildman–Crippen LogP) is 5.43. The van der Waals surface area contributed by atoms with Crippen LogP contribution in [0.4, 0.5) is 0 Å². The summed E-state index contributed by atoms with van der Waals surface area (Å²) in [5.41, 5.74) is 3.98. The van der Waals surface area contributed by atoms with Crippen molar-refractivity contribution in [2.24, 2.45) is 5.92 Å². The predicted molar refractivity (Wildman–Crippen MR) is 134 cm³/mol. The van der Waals surface area contributed by atoms with Crippen molar-refractivity contribution in [2.75, 3.05) is 19.7 Å². The SMILES string of the molecule is CCOC(=O)C1CCN(C(=O)CCn2c(Cc3ccc(C)cc3)nc3cc(Cl)c(Cl)cc32)CC1. The van der Waals surface area contributed by atoms with E-state index in [0.717, 1.165) is 22.4 Å². The van der Waals surface area contributed by atoms with E-state index >= 15 is 0 Å². The number of ether oxygens (including phenoxy) is 1. The van der Waals surface area contributed by atoms with Gasteiger partial charge in [0.05, 0.1) is 33.6 Å². The molecule has 1 aromatic heterocycles. The van der Waals surface area contributed by atoms with Gasteiger partial charge in [-0.1, -0.05) is 53.0 Å². The molecule has 0 spiro atoms. The lowest BCUT2D eigenvalue weighted by Gasteiger charge is -2.31. The van der Waals surface area contributed by atoms with E-state index < -0.39 is 0 Å². The van der Waals surface area contributed by atoms with Gasteiger partial charge in [-0.25, -0.2) is 4.98 Å². The Morgan fingerprint density at radius 2 is 1.76 bits per heavy atom. The lowest BCUT2D eigenvalue weighted by molar-refractivity contribution is -0.151. The van der Waals surface area contributed by atoms with Crippen molar-refractivity contribution in [2.45, 2.75) is 46.1 Å². The minimum atomic E-state index is -0.157. The van der Waals surface area contributed by atoms with Crippen LogP contribution in [0, 0.1) is 12.8 Å². The molecule has 3 aromatic rings. The molecule has 1 aliphatic heterocycles. The van der Waals surface area contributed by atoms with Crippen LogP contribution in [0.25, 0.3) is 11.0 Å². The van der Waals surface area contributed by atoms with Gasteiger partial charge in [0.2, 0.25) is 5.91 Å². The fourth-order valence-corrected chi connectivity index (χ4v) is 4.75. The molecular weight excluding hydrogens is 473 g/mol. The van der Waals surface area contributed by atoms with E-state index in [1.807, 2.05) is 17.9 Å². The number of imidazole rings is 1. The molecule has 2 aromatic carbocycles. The molecule has 1 aliphatic rings. The highest BCUT2D eigenvalue weighted by Gasteiger charge is 2.28. The number of hydrogen-bond acceptors (Lipinski definition) is 4. The molecule has 180 valence electrons. The number of fused-ring (bicyclic) bond motifs is 1. The number of hydrogen-bond donors (Lipinski definition) is 0. The van der Waals surface area contributed by atoms with Gasteiger partial charge in [-0.15, -0.1) is 0 Å². The Labute approximate surface area is 209 Å². The van der Waals surface area contributed by atoms with E-state index in [9.17, 15) is 9.59 Å². The van der Waals surface area contributed by atoms with Gasteiger partial charge in [-0.3, -0.25) is 9.59 Å². The van der Waals surface area contributed by atoms with Gasteiger partial charge in [0.25, 0.3) is 0 Å². The van der Waals surface area contributed by atoms with E-state index in [1.54, 1.807) is 6.07 Å². The van der Waals surface area contributed by atoms with Gasteiger partial charge in [-0.05, 0) is 44.4 Å². The summed E-state index contributed by atoms with van der Waals surface area (Å²) in [7, 11) is 0. The maximum absolute atomic E-state index is 13.0. The van der Waals surface area contributed by atoms with E-state index in [0.29, 0.717) is 62.0 Å². The van der Waals surface area contributed by atoms with Crippen LogP contribution in [0.2, 0.25) is 10.0 Å². The van der Waals surface area contributed by atoms with Gasteiger partial charge in [0.1, 0.15) is 5.82 Å². The van der Waals surface area contributed by atoms with Crippen LogP contribution in [0.3, 0.4) is 0 Å². The average molecular weight is 502 g/mol. The molecule has 0 atom stereocenters. The van der Waals surface area contributed by atoms with Crippen LogP contribution in [0.5, 0.6) is 0 Å². The third-order valence-corrected chi connectivity index (χ3v) is 7.09. The number of carbonyl (C=O) groups is 2. The second kappa shape index (κ2) is 10.8. The van der Waals surface area contributed by atoms with Crippen LogP contribution in [-0.2, 0) is 27.3 Å². The molecule has 0 radical (unpaired) electrons. The molecule has 0 N–H and O–H groups in total. The van der Waals surface area contributed by atoms with Gasteiger partial charge in [0.15, 0.2) is 0 Å². The largest absolute Gasteiger partial charge is 0.466 e. The van der Waals surface area contributed by atoms with Crippen LogP contribution in [0.15, 0.2) is 36.4 Å². The Kier molecular flexibility index (Phi) is 7.79. The Morgan fingerprint density at radius 1 is 1.09 bits per heavy atom. The Bertz CT molecular complexity index is 1180. The molecule has 0 saturated carbocycles. The first kappa shape index (κ1) is 24.6. The fraction of sp³-hybridized carbons (Fsp3) is 0.423. The van der Waals surface area contributed by atoms with Crippen molar-refractivity contribution in [3.63, 3.8) is 0 Å². The molecule has 34 heavy (non-hydrogen) atoms. The van der Waals surface area contributed by atoms with E-state index in [1.165, 1.54) is 5.56 Å². The standard InChI is InChI=1S/C26H29Cl2N3O3/c1-3-34-26(33)19-8-11-30(12-9-19)25(32)10-13-31-23-16-21(28)20(27)15-22(23)29-24(31)14-18-6-4-17(2)5-7-18/h4-7,15-16,19H,3,8-14H2,1-2H3. The first-order chi connectivity index (χ1) is 16.4. The normalized spacial score (nSPS) is 14.5. The van der Waals surface area contributed by atoms with Crippen LogP contribution in [-0.4, -0.2) is 46.0 Å². The zero-order chi connectivity index (χ0) is 24.2. The fourth-order valence-electron chi connectivity index (χ4n) is 4.43. The summed E-state index contributed by atoms with van der Waals surface area (Å²) < 4.78 is 7.20.